The molecular weight excluding hydrogens is 360 g/mol. The minimum atomic E-state index is -1.08. The Hall–Kier alpha value is -3.61. The lowest BCUT2D eigenvalue weighted by Gasteiger charge is -2.13. The van der Waals surface area contributed by atoms with Crippen molar-refractivity contribution in [3.63, 3.8) is 0 Å². The minimum Gasteiger partial charge on any atom is -0.494 e. The molecule has 0 aliphatic heterocycles. The summed E-state index contributed by atoms with van der Waals surface area (Å²) in [4.78, 5) is 35.7. The summed E-state index contributed by atoms with van der Waals surface area (Å²) in [5, 5.41) is 0. The van der Waals surface area contributed by atoms with Crippen molar-refractivity contribution in [3.05, 3.63) is 71.8 Å². The maximum absolute atomic E-state index is 11.9. The number of hydrogen-bond acceptors (Lipinski definition) is 5. The molecule has 0 bridgehead atoms. The van der Waals surface area contributed by atoms with Gasteiger partial charge in [-0.1, -0.05) is 30.3 Å². The van der Waals surface area contributed by atoms with Crippen molar-refractivity contribution < 1.29 is 23.9 Å². The summed E-state index contributed by atoms with van der Waals surface area (Å²) < 4.78 is 10.4. The summed E-state index contributed by atoms with van der Waals surface area (Å²) in [7, 11) is 0. The van der Waals surface area contributed by atoms with Gasteiger partial charge in [0, 0.05) is 11.6 Å². The molecule has 0 radical (unpaired) electrons. The predicted molar refractivity (Wildman–Crippen MR) is 104 cm³/mol. The quantitative estimate of drug-likeness (QED) is 0.436. The van der Waals surface area contributed by atoms with Crippen LogP contribution in [0.25, 0.3) is 6.08 Å². The highest BCUT2D eigenvalue weighted by atomic mass is 16.5. The van der Waals surface area contributed by atoms with E-state index >= 15 is 0 Å². The number of carbonyl (C=O) groups is 3. The molecule has 0 saturated heterocycles. The largest absolute Gasteiger partial charge is 0.494 e. The number of benzene rings is 2. The predicted octanol–water partition coefficient (Wildman–Crippen LogP) is 2.49. The second-order valence-electron chi connectivity index (χ2n) is 5.72. The van der Waals surface area contributed by atoms with Crippen LogP contribution >= 0.6 is 0 Å². The summed E-state index contributed by atoms with van der Waals surface area (Å²) in [5.41, 5.74) is 5.67. The van der Waals surface area contributed by atoms with Crippen molar-refractivity contribution in [3.8, 4) is 5.75 Å². The average molecular weight is 382 g/mol. The molecule has 0 aliphatic carbocycles. The molecule has 28 heavy (non-hydrogen) atoms. The maximum Gasteiger partial charge on any atom is 0.331 e. The van der Waals surface area contributed by atoms with Gasteiger partial charge in [-0.25, -0.2) is 4.79 Å². The van der Waals surface area contributed by atoms with Gasteiger partial charge in [0.15, 0.2) is 6.10 Å². The molecule has 0 spiro atoms. The van der Waals surface area contributed by atoms with Crippen molar-refractivity contribution in [2.75, 3.05) is 6.61 Å². The molecule has 7 heteroatoms. The van der Waals surface area contributed by atoms with Crippen molar-refractivity contribution in [2.24, 2.45) is 0 Å². The first-order chi connectivity index (χ1) is 13.5. The third-order valence-electron chi connectivity index (χ3n) is 3.60. The van der Waals surface area contributed by atoms with Gasteiger partial charge in [-0.05, 0) is 49.8 Å². The first-order valence-electron chi connectivity index (χ1n) is 8.76. The zero-order valence-corrected chi connectivity index (χ0v) is 15.7. The van der Waals surface area contributed by atoms with Crippen LogP contribution in [-0.2, 0) is 14.3 Å². The normalized spacial score (nSPS) is 11.5. The lowest BCUT2D eigenvalue weighted by atomic mass is 10.2. The summed E-state index contributed by atoms with van der Waals surface area (Å²) in [5.74, 6) is -1.05. The van der Waals surface area contributed by atoms with E-state index in [0.29, 0.717) is 12.2 Å². The molecule has 2 amide bonds. The number of ether oxygens (including phenoxy) is 2. The van der Waals surface area contributed by atoms with Crippen LogP contribution in [0.2, 0.25) is 0 Å². The van der Waals surface area contributed by atoms with Crippen molar-refractivity contribution >= 4 is 23.9 Å². The smallest absolute Gasteiger partial charge is 0.331 e. The highest BCUT2D eigenvalue weighted by Gasteiger charge is 2.17. The Morgan fingerprint density at radius 3 is 2.32 bits per heavy atom. The Labute approximate surface area is 163 Å². The molecule has 1 atom stereocenters. The Morgan fingerprint density at radius 2 is 1.68 bits per heavy atom. The van der Waals surface area contributed by atoms with Gasteiger partial charge in [0.1, 0.15) is 5.75 Å². The van der Waals surface area contributed by atoms with Crippen LogP contribution in [0.1, 0.15) is 29.8 Å². The van der Waals surface area contributed by atoms with Crippen molar-refractivity contribution in [1.82, 2.24) is 10.9 Å². The number of nitrogens with one attached hydrogen (secondary N) is 2. The van der Waals surface area contributed by atoms with Gasteiger partial charge < -0.3 is 9.47 Å². The number of esters is 1. The first kappa shape index (κ1) is 20.7. The first-order valence-corrected chi connectivity index (χ1v) is 8.76. The van der Waals surface area contributed by atoms with Crippen LogP contribution in [0.3, 0.4) is 0 Å². The van der Waals surface area contributed by atoms with E-state index in [9.17, 15) is 14.4 Å². The topological polar surface area (TPSA) is 93.7 Å². The van der Waals surface area contributed by atoms with E-state index in [1.807, 2.05) is 6.92 Å². The zero-order chi connectivity index (χ0) is 20.4. The van der Waals surface area contributed by atoms with Gasteiger partial charge in [-0.2, -0.15) is 0 Å². The van der Waals surface area contributed by atoms with Gasteiger partial charge in [0.05, 0.1) is 6.61 Å². The lowest BCUT2D eigenvalue weighted by molar-refractivity contribution is -0.150. The Morgan fingerprint density at radius 1 is 1.00 bits per heavy atom. The fourth-order valence-corrected chi connectivity index (χ4v) is 2.15. The lowest BCUT2D eigenvalue weighted by Crippen LogP contribution is -2.46. The molecule has 0 unspecified atom stereocenters. The van der Waals surface area contributed by atoms with E-state index in [0.717, 1.165) is 11.3 Å². The van der Waals surface area contributed by atoms with Crippen LogP contribution in [0.5, 0.6) is 5.75 Å². The molecule has 0 aliphatic rings. The number of hydrogen-bond donors (Lipinski definition) is 2. The van der Waals surface area contributed by atoms with E-state index in [4.69, 9.17) is 9.47 Å². The van der Waals surface area contributed by atoms with Crippen LogP contribution in [0.4, 0.5) is 0 Å². The fourth-order valence-electron chi connectivity index (χ4n) is 2.15. The standard InChI is InChI=1S/C21H22N2O5/c1-3-27-18-12-9-16(10-13-18)11-14-19(24)28-15(2)20(25)22-23-21(26)17-7-5-4-6-8-17/h4-15H,3H2,1-2H3,(H,22,25)(H,23,26)/b14-11+/t15-/m0/s1. The van der Waals surface area contributed by atoms with Crippen LogP contribution in [-0.4, -0.2) is 30.5 Å². The SMILES string of the molecule is CCOc1ccc(/C=C/C(=O)O[C@@H](C)C(=O)NNC(=O)c2ccccc2)cc1. The third-order valence-corrected chi connectivity index (χ3v) is 3.60. The summed E-state index contributed by atoms with van der Waals surface area (Å²) in [6.45, 7) is 3.88. The van der Waals surface area contributed by atoms with Crippen molar-refractivity contribution in [2.45, 2.75) is 20.0 Å². The molecule has 2 aromatic carbocycles. The van der Waals surface area contributed by atoms with Crippen molar-refractivity contribution in [1.29, 1.82) is 0 Å². The molecule has 0 heterocycles. The Bertz CT molecular complexity index is 832. The van der Waals surface area contributed by atoms with Gasteiger partial charge >= 0.3 is 5.97 Å². The highest BCUT2D eigenvalue weighted by Crippen LogP contribution is 2.13. The van der Waals surface area contributed by atoms with Crippen LogP contribution in [0, 0.1) is 0 Å². The second kappa shape index (κ2) is 10.5. The van der Waals surface area contributed by atoms with E-state index < -0.39 is 23.9 Å². The van der Waals surface area contributed by atoms with Gasteiger partial charge in [0.2, 0.25) is 0 Å². The average Bonchev–Trinajstić information content (AvgIpc) is 2.72. The molecule has 0 aromatic heterocycles. The molecule has 7 nitrogen and oxygen atoms in total. The minimum absolute atomic E-state index is 0.394. The molecule has 2 N–H and O–H groups in total. The maximum atomic E-state index is 11.9. The third kappa shape index (κ3) is 6.60. The number of rotatable bonds is 7. The molecule has 2 aromatic rings. The second-order valence-corrected chi connectivity index (χ2v) is 5.72. The molecular formula is C21H22N2O5. The Kier molecular flexibility index (Phi) is 7.77. The summed E-state index contributed by atoms with van der Waals surface area (Å²) in [6, 6.07) is 15.6. The van der Waals surface area contributed by atoms with E-state index in [2.05, 4.69) is 10.9 Å². The van der Waals surface area contributed by atoms with E-state index in [-0.39, 0.29) is 0 Å². The summed E-state index contributed by atoms with van der Waals surface area (Å²) in [6.07, 6.45) is 1.72. The number of amides is 2. The van der Waals surface area contributed by atoms with Crippen LogP contribution in [0.15, 0.2) is 60.7 Å². The van der Waals surface area contributed by atoms with E-state index in [1.54, 1.807) is 60.7 Å². The summed E-state index contributed by atoms with van der Waals surface area (Å²) >= 11 is 0. The molecule has 0 saturated carbocycles. The molecule has 2 rings (SSSR count). The highest BCUT2D eigenvalue weighted by molar-refractivity contribution is 5.96. The number of hydrazine groups is 1. The van der Waals surface area contributed by atoms with E-state index in [1.165, 1.54) is 13.0 Å². The molecule has 146 valence electrons. The van der Waals surface area contributed by atoms with Gasteiger partial charge in [0.25, 0.3) is 11.8 Å². The van der Waals surface area contributed by atoms with Crippen LogP contribution < -0.4 is 15.6 Å². The Balaban J connectivity index is 1.79. The van der Waals surface area contributed by atoms with Gasteiger partial charge in [-0.3, -0.25) is 20.4 Å². The zero-order valence-electron chi connectivity index (χ0n) is 15.7. The molecule has 0 fully saturated rings. The van der Waals surface area contributed by atoms with Gasteiger partial charge in [-0.15, -0.1) is 0 Å². The number of carbonyl (C=O) groups excluding carboxylic acids is 3. The monoisotopic (exact) mass is 382 g/mol. The fraction of sp³-hybridized carbons (Fsp3) is 0.190.